The molecular weight excluding hydrogens is 234 g/mol. The van der Waals surface area contributed by atoms with Crippen LogP contribution in [-0.4, -0.2) is 41.3 Å². The third-order valence-electron chi connectivity index (χ3n) is 4.22. The molecule has 102 valence electrons. The van der Waals surface area contributed by atoms with Crippen molar-refractivity contribution in [3.63, 3.8) is 0 Å². The van der Waals surface area contributed by atoms with E-state index in [0.29, 0.717) is 13.0 Å². The normalized spacial score (nSPS) is 33.9. The van der Waals surface area contributed by atoms with E-state index in [1.54, 1.807) is 11.8 Å². The van der Waals surface area contributed by atoms with Crippen molar-refractivity contribution in [3.8, 4) is 0 Å². The molecule has 0 aromatic carbocycles. The van der Waals surface area contributed by atoms with Crippen molar-refractivity contribution in [1.82, 2.24) is 4.90 Å². The van der Waals surface area contributed by atoms with Crippen LogP contribution >= 0.6 is 0 Å². The summed E-state index contributed by atoms with van der Waals surface area (Å²) < 4.78 is 10.5. The van der Waals surface area contributed by atoms with E-state index < -0.39 is 17.7 Å². The fourth-order valence-corrected chi connectivity index (χ4v) is 2.90. The number of rotatable bonds is 2. The Hall–Kier alpha value is -1.26. The molecule has 2 unspecified atom stereocenters. The van der Waals surface area contributed by atoms with E-state index in [0.717, 1.165) is 6.42 Å². The predicted molar refractivity (Wildman–Crippen MR) is 65.0 cm³/mol. The molecule has 2 aliphatic rings. The number of carbonyl (C=O) groups is 2. The largest absolute Gasteiger partial charge is 0.464 e. The van der Waals surface area contributed by atoms with Crippen LogP contribution in [-0.2, 0) is 14.3 Å². The van der Waals surface area contributed by atoms with E-state index in [1.807, 2.05) is 13.8 Å². The topological polar surface area (TPSA) is 55.8 Å². The summed E-state index contributed by atoms with van der Waals surface area (Å²) in [6.07, 6.45) is 1.11. The quantitative estimate of drug-likeness (QED) is 0.708. The Morgan fingerprint density at radius 3 is 2.78 bits per heavy atom. The van der Waals surface area contributed by atoms with E-state index >= 15 is 0 Å². The minimum absolute atomic E-state index is 0.0793. The second kappa shape index (κ2) is 4.44. The van der Waals surface area contributed by atoms with Crippen molar-refractivity contribution < 1.29 is 19.1 Å². The number of fused-ring (bicyclic) bond motifs is 1. The highest BCUT2D eigenvalue weighted by molar-refractivity contribution is 5.83. The lowest BCUT2D eigenvalue weighted by Crippen LogP contribution is -2.59. The van der Waals surface area contributed by atoms with Gasteiger partial charge in [-0.05, 0) is 33.6 Å². The maximum atomic E-state index is 12.1. The average molecular weight is 255 g/mol. The number of hydrogen-bond donors (Lipinski definition) is 0. The molecule has 0 bridgehead atoms. The van der Waals surface area contributed by atoms with E-state index in [4.69, 9.17) is 9.47 Å². The Morgan fingerprint density at radius 1 is 1.50 bits per heavy atom. The smallest absolute Gasteiger partial charge is 0.411 e. The van der Waals surface area contributed by atoms with Crippen molar-refractivity contribution in [3.05, 3.63) is 0 Å². The molecule has 0 aromatic rings. The van der Waals surface area contributed by atoms with Crippen molar-refractivity contribution in [1.29, 1.82) is 0 Å². The highest BCUT2D eigenvalue weighted by Crippen LogP contribution is 2.41. The van der Waals surface area contributed by atoms with Gasteiger partial charge in [0.25, 0.3) is 0 Å². The van der Waals surface area contributed by atoms with Crippen LogP contribution in [0.3, 0.4) is 0 Å². The maximum absolute atomic E-state index is 12.1. The Morgan fingerprint density at radius 2 is 2.17 bits per heavy atom. The lowest BCUT2D eigenvalue weighted by atomic mass is 9.84. The summed E-state index contributed by atoms with van der Waals surface area (Å²) in [4.78, 5) is 25.5. The summed E-state index contributed by atoms with van der Waals surface area (Å²) >= 11 is 0. The summed E-state index contributed by atoms with van der Waals surface area (Å²) in [7, 11) is 0. The van der Waals surface area contributed by atoms with Gasteiger partial charge in [0.2, 0.25) is 0 Å². The van der Waals surface area contributed by atoms with Gasteiger partial charge in [-0.2, -0.15) is 0 Å². The van der Waals surface area contributed by atoms with Gasteiger partial charge in [-0.3, -0.25) is 4.90 Å². The van der Waals surface area contributed by atoms with Gasteiger partial charge in [0, 0.05) is 12.0 Å². The van der Waals surface area contributed by atoms with Gasteiger partial charge in [0.15, 0.2) is 0 Å². The fraction of sp³-hybridized carbons (Fsp3) is 0.846. The van der Waals surface area contributed by atoms with E-state index in [9.17, 15) is 9.59 Å². The number of nitrogens with zero attached hydrogens (tertiary/aromatic N) is 1. The van der Waals surface area contributed by atoms with Crippen LogP contribution in [0.15, 0.2) is 0 Å². The number of hydrogen-bond acceptors (Lipinski definition) is 4. The van der Waals surface area contributed by atoms with Crippen molar-refractivity contribution >= 4 is 12.1 Å². The lowest BCUT2D eigenvalue weighted by Gasteiger charge is -2.45. The molecular formula is C13H21NO4. The van der Waals surface area contributed by atoms with Crippen LogP contribution in [0.4, 0.5) is 4.79 Å². The molecule has 0 N–H and O–H groups in total. The number of ether oxygens (including phenoxy) is 2. The Kier molecular flexibility index (Phi) is 3.25. The molecule has 2 rings (SSSR count). The first-order valence-corrected chi connectivity index (χ1v) is 6.56. The SMILES string of the molecule is CCOC(=O)[C@@H]1CCC2C(C)C(C)(C)OC(=O)N21. The summed E-state index contributed by atoms with van der Waals surface area (Å²) in [5.74, 6) is -0.113. The van der Waals surface area contributed by atoms with Crippen LogP contribution in [0.2, 0.25) is 0 Å². The molecule has 0 aromatic heterocycles. The first kappa shape index (κ1) is 13.2. The third kappa shape index (κ3) is 1.95. The zero-order chi connectivity index (χ0) is 13.5. The molecule has 18 heavy (non-hydrogen) atoms. The summed E-state index contributed by atoms with van der Waals surface area (Å²) in [6.45, 7) is 8.02. The van der Waals surface area contributed by atoms with Gasteiger partial charge < -0.3 is 9.47 Å². The highest BCUT2D eigenvalue weighted by Gasteiger charge is 2.53. The second-order valence-electron chi connectivity index (χ2n) is 5.58. The first-order chi connectivity index (χ1) is 8.38. The fourth-order valence-electron chi connectivity index (χ4n) is 2.90. The minimum Gasteiger partial charge on any atom is -0.464 e. The molecule has 5 heteroatoms. The van der Waals surface area contributed by atoms with Gasteiger partial charge >= 0.3 is 12.1 Å². The van der Waals surface area contributed by atoms with Crippen LogP contribution in [0, 0.1) is 5.92 Å². The average Bonchev–Trinajstić information content (AvgIpc) is 2.70. The number of cyclic esters (lactones) is 1. The predicted octanol–water partition coefficient (Wildman–Crippen LogP) is 1.95. The Balaban J connectivity index is 2.19. The van der Waals surface area contributed by atoms with Crippen LogP contribution in [0.1, 0.15) is 40.5 Å². The highest BCUT2D eigenvalue weighted by atomic mass is 16.6. The molecule has 3 atom stereocenters. The van der Waals surface area contributed by atoms with Crippen molar-refractivity contribution in [2.45, 2.75) is 58.2 Å². The molecule has 5 nitrogen and oxygen atoms in total. The minimum atomic E-state index is -0.471. The molecule has 0 spiro atoms. The molecule has 2 heterocycles. The molecule has 2 saturated heterocycles. The molecule has 2 fully saturated rings. The monoisotopic (exact) mass is 255 g/mol. The van der Waals surface area contributed by atoms with Gasteiger partial charge in [0.05, 0.1) is 6.61 Å². The molecule has 0 saturated carbocycles. The number of amides is 1. The van der Waals surface area contributed by atoms with Crippen LogP contribution in [0.5, 0.6) is 0 Å². The summed E-state index contributed by atoms with van der Waals surface area (Å²) in [5, 5.41) is 0. The number of esters is 1. The Labute approximate surface area is 107 Å². The molecule has 1 amide bonds. The van der Waals surface area contributed by atoms with Gasteiger partial charge in [-0.15, -0.1) is 0 Å². The molecule has 0 aliphatic carbocycles. The molecule has 2 aliphatic heterocycles. The zero-order valence-electron chi connectivity index (χ0n) is 11.4. The Bertz CT molecular complexity index is 366. The van der Waals surface area contributed by atoms with Gasteiger partial charge in [-0.1, -0.05) is 6.92 Å². The van der Waals surface area contributed by atoms with E-state index in [1.165, 1.54) is 0 Å². The summed E-state index contributed by atoms with van der Waals surface area (Å²) in [5.41, 5.74) is -0.470. The van der Waals surface area contributed by atoms with Gasteiger partial charge in [0.1, 0.15) is 11.6 Å². The first-order valence-electron chi connectivity index (χ1n) is 6.56. The van der Waals surface area contributed by atoms with Crippen molar-refractivity contribution in [2.24, 2.45) is 5.92 Å². The standard InChI is InChI=1S/C13H21NO4/c1-5-17-11(15)10-7-6-9-8(2)13(3,4)18-12(16)14(9)10/h8-10H,5-7H2,1-4H3/t8?,9?,10-/m0/s1. The van der Waals surface area contributed by atoms with Crippen LogP contribution in [0.25, 0.3) is 0 Å². The lowest BCUT2D eigenvalue weighted by molar-refractivity contribution is -0.152. The number of carbonyl (C=O) groups excluding carboxylic acids is 2. The van der Waals surface area contributed by atoms with Crippen molar-refractivity contribution in [2.75, 3.05) is 6.61 Å². The molecule has 0 radical (unpaired) electrons. The van der Waals surface area contributed by atoms with Gasteiger partial charge in [-0.25, -0.2) is 9.59 Å². The second-order valence-corrected chi connectivity index (χ2v) is 5.58. The zero-order valence-corrected chi connectivity index (χ0v) is 11.4. The van der Waals surface area contributed by atoms with E-state index in [-0.39, 0.29) is 17.9 Å². The maximum Gasteiger partial charge on any atom is 0.411 e. The third-order valence-corrected chi connectivity index (χ3v) is 4.22. The van der Waals surface area contributed by atoms with Crippen LogP contribution < -0.4 is 0 Å². The summed E-state index contributed by atoms with van der Waals surface area (Å²) in [6, 6.07) is -0.392. The van der Waals surface area contributed by atoms with E-state index in [2.05, 4.69) is 6.92 Å².